The molecule has 0 bridgehead atoms. The topological polar surface area (TPSA) is 92.3 Å². The third-order valence-corrected chi connectivity index (χ3v) is 6.99. The summed E-state index contributed by atoms with van der Waals surface area (Å²) < 4.78 is 26.4. The van der Waals surface area contributed by atoms with Gasteiger partial charge in [0, 0.05) is 7.05 Å². The van der Waals surface area contributed by atoms with Gasteiger partial charge in [-0.3, -0.25) is 14.4 Å². The Hall–Kier alpha value is -2.49. The number of carbonyl (C=O) groups excluding carboxylic acids is 1. The SMILES string of the molecule is Cc1cccc(N(C)S(=O)(=O)c2nnc(NC(=O)c3ccccc3Cl)s2)c1. The third kappa shape index (κ3) is 4.10. The van der Waals surface area contributed by atoms with E-state index in [1.54, 1.807) is 42.5 Å². The van der Waals surface area contributed by atoms with Gasteiger partial charge in [-0.1, -0.05) is 47.2 Å². The zero-order valence-electron chi connectivity index (χ0n) is 14.4. The Morgan fingerprint density at radius 3 is 2.59 bits per heavy atom. The number of anilines is 2. The van der Waals surface area contributed by atoms with Crippen molar-refractivity contribution in [2.45, 2.75) is 11.3 Å². The molecule has 0 aliphatic carbocycles. The average molecular weight is 423 g/mol. The fourth-order valence-corrected chi connectivity index (χ4v) is 4.71. The van der Waals surface area contributed by atoms with Crippen molar-refractivity contribution in [2.75, 3.05) is 16.7 Å². The number of amides is 1. The lowest BCUT2D eigenvalue weighted by molar-refractivity contribution is 0.102. The number of carbonyl (C=O) groups is 1. The summed E-state index contributed by atoms with van der Waals surface area (Å²) in [5.41, 5.74) is 1.70. The first-order valence-electron chi connectivity index (χ1n) is 7.74. The maximum absolute atomic E-state index is 12.8. The van der Waals surface area contributed by atoms with E-state index in [-0.39, 0.29) is 20.1 Å². The van der Waals surface area contributed by atoms with Crippen LogP contribution in [0.2, 0.25) is 5.02 Å². The van der Waals surface area contributed by atoms with Gasteiger partial charge in [0.2, 0.25) is 5.13 Å². The maximum Gasteiger partial charge on any atom is 0.293 e. The van der Waals surface area contributed by atoms with Gasteiger partial charge in [-0.25, -0.2) is 0 Å². The van der Waals surface area contributed by atoms with Gasteiger partial charge in [0.05, 0.1) is 16.3 Å². The van der Waals surface area contributed by atoms with Crippen LogP contribution in [0, 0.1) is 6.92 Å². The molecule has 0 atom stereocenters. The Balaban J connectivity index is 1.82. The lowest BCUT2D eigenvalue weighted by atomic mass is 10.2. The summed E-state index contributed by atoms with van der Waals surface area (Å²) in [4.78, 5) is 12.3. The highest BCUT2D eigenvalue weighted by atomic mass is 35.5. The van der Waals surface area contributed by atoms with E-state index in [1.807, 2.05) is 13.0 Å². The van der Waals surface area contributed by atoms with E-state index in [2.05, 4.69) is 15.5 Å². The Kier molecular flexibility index (Phi) is 5.45. The van der Waals surface area contributed by atoms with Crippen LogP contribution in [-0.2, 0) is 10.0 Å². The fraction of sp³-hybridized carbons (Fsp3) is 0.118. The van der Waals surface area contributed by atoms with E-state index in [0.717, 1.165) is 21.2 Å². The van der Waals surface area contributed by atoms with Crippen molar-refractivity contribution in [2.24, 2.45) is 0 Å². The molecule has 3 rings (SSSR count). The molecule has 0 aliphatic heterocycles. The molecule has 7 nitrogen and oxygen atoms in total. The van der Waals surface area contributed by atoms with Crippen LogP contribution in [0.4, 0.5) is 10.8 Å². The molecule has 3 aromatic rings. The average Bonchev–Trinajstić information content (AvgIpc) is 3.10. The van der Waals surface area contributed by atoms with Gasteiger partial charge in [-0.05, 0) is 36.8 Å². The van der Waals surface area contributed by atoms with Crippen LogP contribution in [0.3, 0.4) is 0 Å². The minimum Gasteiger partial charge on any atom is -0.296 e. The molecule has 0 saturated heterocycles. The van der Waals surface area contributed by atoms with Gasteiger partial charge in [0.25, 0.3) is 20.3 Å². The molecule has 0 unspecified atom stereocenters. The van der Waals surface area contributed by atoms with Crippen molar-refractivity contribution in [1.82, 2.24) is 10.2 Å². The normalized spacial score (nSPS) is 11.2. The summed E-state index contributed by atoms with van der Waals surface area (Å²) in [6.45, 7) is 1.87. The predicted molar refractivity (Wildman–Crippen MR) is 106 cm³/mol. The maximum atomic E-state index is 12.8. The van der Waals surface area contributed by atoms with Gasteiger partial charge in [0.1, 0.15) is 0 Å². The molecule has 0 fully saturated rings. The van der Waals surface area contributed by atoms with Crippen LogP contribution in [0.25, 0.3) is 0 Å². The molecule has 0 radical (unpaired) electrons. The van der Waals surface area contributed by atoms with Crippen molar-refractivity contribution >= 4 is 49.7 Å². The number of benzene rings is 2. The number of nitrogens with one attached hydrogen (secondary N) is 1. The van der Waals surface area contributed by atoms with E-state index in [4.69, 9.17) is 11.6 Å². The molecule has 0 aliphatic rings. The summed E-state index contributed by atoms with van der Waals surface area (Å²) in [6.07, 6.45) is 0. The smallest absolute Gasteiger partial charge is 0.293 e. The quantitative estimate of drug-likeness (QED) is 0.634. The first kappa shape index (κ1) is 19.3. The van der Waals surface area contributed by atoms with Crippen LogP contribution in [0.15, 0.2) is 52.9 Å². The summed E-state index contributed by atoms with van der Waals surface area (Å²) in [7, 11) is -2.46. The highest BCUT2D eigenvalue weighted by Crippen LogP contribution is 2.27. The Morgan fingerprint density at radius 2 is 1.89 bits per heavy atom. The molecule has 0 saturated carbocycles. The number of aromatic nitrogens is 2. The highest BCUT2D eigenvalue weighted by Gasteiger charge is 2.26. The molecular formula is C17H15ClN4O3S2. The number of hydrogen-bond donors (Lipinski definition) is 1. The lowest BCUT2D eigenvalue weighted by Crippen LogP contribution is -2.26. The first-order chi connectivity index (χ1) is 12.8. The van der Waals surface area contributed by atoms with Gasteiger partial charge in [-0.2, -0.15) is 8.42 Å². The second-order valence-corrected chi connectivity index (χ2v) is 9.15. The third-order valence-electron chi connectivity index (χ3n) is 3.69. The molecular weight excluding hydrogens is 408 g/mol. The van der Waals surface area contributed by atoms with Crippen LogP contribution < -0.4 is 9.62 Å². The van der Waals surface area contributed by atoms with Crippen molar-refractivity contribution in [3.05, 3.63) is 64.7 Å². The zero-order chi connectivity index (χ0) is 19.6. The van der Waals surface area contributed by atoms with Crippen LogP contribution in [0.5, 0.6) is 0 Å². The monoisotopic (exact) mass is 422 g/mol. The van der Waals surface area contributed by atoms with Crippen molar-refractivity contribution in [3.63, 3.8) is 0 Å². The minimum absolute atomic E-state index is 0.0659. The Labute approximate surface area is 165 Å². The summed E-state index contributed by atoms with van der Waals surface area (Å²) in [6, 6.07) is 13.6. The molecule has 2 aromatic carbocycles. The van der Waals surface area contributed by atoms with E-state index >= 15 is 0 Å². The van der Waals surface area contributed by atoms with Gasteiger partial charge >= 0.3 is 0 Å². The summed E-state index contributed by atoms with van der Waals surface area (Å²) in [5.74, 6) is -0.493. The highest BCUT2D eigenvalue weighted by molar-refractivity contribution is 7.94. The fourth-order valence-electron chi connectivity index (χ4n) is 2.25. The molecule has 10 heteroatoms. The predicted octanol–water partition coefficient (Wildman–Crippen LogP) is 3.58. The van der Waals surface area contributed by atoms with Gasteiger partial charge < -0.3 is 0 Å². The van der Waals surface area contributed by atoms with Crippen LogP contribution >= 0.6 is 22.9 Å². The van der Waals surface area contributed by atoms with E-state index < -0.39 is 15.9 Å². The number of rotatable bonds is 5. The number of halogens is 1. The van der Waals surface area contributed by atoms with Gasteiger partial charge in [0.15, 0.2) is 0 Å². The zero-order valence-corrected chi connectivity index (χ0v) is 16.8. The van der Waals surface area contributed by atoms with E-state index in [1.165, 1.54) is 7.05 Å². The molecule has 140 valence electrons. The van der Waals surface area contributed by atoms with E-state index in [0.29, 0.717) is 5.69 Å². The number of sulfonamides is 1. The van der Waals surface area contributed by atoms with Crippen molar-refractivity contribution in [1.29, 1.82) is 0 Å². The van der Waals surface area contributed by atoms with Crippen LogP contribution in [0.1, 0.15) is 15.9 Å². The molecule has 1 N–H and O–H groups in total. The van der Waals surface area contributed by atoms with Gasteiger partial charge in [-0.15, -0.1) is 10.2 Å². The molecule has 1 amide bonds. The number of hydrogen-bond acceptors (Lipinski definition) is 6. The molecule has 1 heterocycles. The Morgan fingerprint density at radius 1 is 1.15 bits per heavy atom. The molecule has 27 heavy (non-hydrogen) atoms. The second-order valence-electron chi connectivity index (χ2n) is 5.62. The number of nitrogens with zero attached hydrogens (tertiary/aromatic N) is 3. The lowest BCUT2D eigenvalue weighted by Gasteiger charge is -2.17. The number of aryl methyl sites for hydroxylation is 1. The minimum atomic E-state index is -3.90. The second kappa shape index (κ2) is 7.63. The largest absolute Gasteiger partial charge is 0.296 e. The standard InChI is InChI=1S/C17H15ClN4O3S2/c1-11-6-5-7-12(10-11)22(2)27(24,25)17-21-20-16(26-17)19-15(23)13-8-3-4-9-14(13)18/h3-10H,1-2H3,(H,19,20,23). The van der Waals surface area contributed by atoms with Crippen molar-refractivity contribution < 1.29 is 13.2 Å². The Bertz CT molecular complexity index is 1100. The first-order valence-corrected chi connectivity index (χ1v) is 10.4. The summed E-state index contributed by atoms with van der Waals surface area (Å²) in [5, 5.41) is 10.3. The van der Waals surface area contributed by atoms with Crippen LogP contribution in [-0.4, -0.2) is 31.6 Å². The van der Waals surface area contributed by atoms with E-state index in [9.17, 15) is 13.2 Å². The molecule has 1 aromatic heterocycles. The van der Waals surface area contributed by atoms with Crippen molar-refractivity contribution in [3.8, 4) is 0 Å². The molecule has 0 spiro atoms. The summed E-state index contributed by atoms with van der Waals surface area (Å²) >= 11 is 6.76.